The summed E-state index contributed by atoms with van der Waals surface area (Å²) in [6.45, 7) is 1.91. The maximum absolute atomic E-state index is 12.4. The van der Waals surface area contributed by atoms with Gasteiger partial charge in [-0.25, -0.2) is 4.79 Å². The van der Waals surface area contributed by atoms with Crippen molar-refractivity contribution in [2.75, 3.05) is 19.4 Å². The van der Waals surface area contributed by atoms with E-state index in [9.17, 15) is 14.4 Å². The Morgan fingerprint density at radius 1 is 1.21 bits per heavy atom. The number of nitrogens with one attached hydrogen (secondary N) is 1. The summed E-state index contributed by atoms with van der Waals surface area (Å²) < 4.78 is 15.7. The molecule has 2 rings (SSSR count). The molecule has 0 aromatic heterocycles. The Morgan fingerprint density at radius 2 is 1.88 bits per heavy atom. The molecule has 0 unspecified atom stereocenters. The molecule has 1 aliphatic heterocycles. The quantitative estimate of drug-likeness (QED) is 0.608. The maximum atomic E-state index is 12.4. The van der Waals surface area contributed by atoms with Crippen molar-refractivity contribution < 1.29 is 28.6 Å². The van der Waals surface area contributed by atoms with Gasteiger partial charge in [0.15, 0.2) is 5.12 Å². The number of rotatable bonds is 6. The number of carbonyl (C=O) groups excluding carboxylic acids is 3. The maximum Gasteiger partial charge on any atom is 0.374 e. The third-order valence-electron chi connectivity index (χ3n) is 3.40. The van der Waals surface area contributed by atoms with Gasteiger partial charge in [0.05, 0.1) is 12.9 Å². The largest absolute Gasteiger partial charge is 0.497 e. The highest BCUT2D eigenvalue weighted by atomic mass is 32.2. The molecule has 0 radical (unpaired) electrons. The predicted octanol–water partition coefficient (Wildman–Crippen LogP) is 1.50. The molecule has 0 spiro atoms. The lowest BCUT2D eigenvalue weighted by Gasteiger charge is -2.27. The van der Waals surface area contributed by atoms with Crippen LogP contribution in [-0.2, 0) is 19.1 Å². The fraction of sp³-hybridized carbons (Fsp3) is 0.438. The number of hydrogen-bond donors (Lipinski definition) is 1. The third-order valence-corrected chi connectivity index (χ3v) is 4.18. The zero-order valence-electron chi connectivity index (χ0n) is 13.5. The number of carbonyl (C=O) groups is 3. The summed E-state index contributed by atoms with van der Waals surface area (Å²) in [7, 11) is 1.55. The van der Waals surface area contributed by atoms with Gasteiger partial charge in [-0.3, -0.25) is 14.9 Å². The molecule has 0 amide bonds. The van der Waals surface area contributed by atoms with Gasteiger partial charge in [-0.1, -0.05) is 11.8 Å². The molecule has 1 heterocycles. The number of benzene rings is 1. The van der Waals surface area contributed by atoms with Crippen molar-refractivity contribution in [1.29, 1.82) is 0 Å². The van der Waals surface area contributed by atoms with E-state index in [0.717, 1.165) is 11.8 Å². The van der Waals surface area contributed by atoms with Crippen LogP contribution in [0.1, 0.15) is 19.8 Å². The van der Waals surface area contributed by atoms with Crippen LogP contribution in [0.15, 0.2) is 24.3 Å². The highest BCUT2D eigenvalue weighted by molar-refractivity contribution is 8.14. The Hall–Kier alpha value is -2.06. The van der Waals surface area contributed by atoms with E-state index in [1.807, 2.05) is 0 Å². The zero-order chi connectivity index (χ0) is 17.6. The van der Waals surface area contributed by atoms with Crippen molar-refractivity contribution in [3.05, 3.63) is 24.3 Å². The van der Waals surface area contributed by atoms with E-state index in [1.54, 1.807) is 31.4 Å². The van der Waals surface area contributed by atoms with Crippen molar-refractivity contribution in [3.63, 3.8) is 0 Å². The molecule has 1 aromatic carbocycles. The van der Waals surface area contributed by atoms with Crippen LogP contribution >= 0.6 is 11.8 Å². The van der Waals surface area contributed by atoms with Crippen LogP contribution in [0.25, 0.3) is 0 Å². The van der Waals surface area contributed by atoms with E-state index in [1.165, 1.54) is 6.92 Å². The van der Waals surface area contributed by atoms with Crippen molar-refractivity contribution in [2.45, 2.75) is 25.5 Å². The number of thioether (sulfide) groups is 1. The second kappa shape index (κ2) is 8.16. The van der Waals surface area contributed by atoms with Crippen LogP contribution in [0.4, 0.5) is 0 Å². The minimum Gasteiger partial charge on any atom is -0.497 e. The van der Waals surface area contributed by atoms with E-state index < -0.39 is 17.7 Å². The first-order valence-corrected chi connectivity index (χ1v) is 8.40. The molecule has 8 heteroatoms. The van der Waals surface area contributed by atoms with Gasteiger partial charge in [0, 0.05) is 13.3 Å². The highest BCUT2D eigenvalue weighted by Crippen LogP contribution is 2.27. The summed E-state index contributed by atoms with van der Waals surface area (Å²) in [4.78, 5) is 34.9. The van der Waals surface area contributed by atoms with E-state index in [4.69, 9.17) is 14.2 Å². The van der Waals surface area contributed by atoms with Crippen LogP contribution in [-0.4, -0.2) is 42.2 Å². The second-order valence-electron chi connectivity index (χ2n) is 5.18. The fourth-order valence-corrected chi connectivity index (χ4v) is 2.62. The Morgan fingerprint density at radius 3 is 2.42 bits per heavy atom. The van der Waals surface area contributed by atoms with Gasteiger partial charge in [-0.05, 0) is 37.2 Å². The molecular weight excluding hydrogens is 334 g/mol. The standard InChI is InChI=1S/C16H19NO6S/c1-11(18)24-10-14(19)22-15(20)16(8-3-9-17-16)23-13-6-4-12(21-2)5-7-13/h4-7,17H,3,8-10H2,1-2H3/t16-/m1/s1. The summed E-state index contributed by atoms with van der Waals surface area (Å²) in [6.07, 6.45) is 1.09. The van der Waals surface area contributed by atoms with Crippen LogP contribution in [0.2, 0.25) is 0 Å². The number of methoxy groups -OCH3 is 1. The Kier molecular flexibility index (Phi) is 6.22. The Bertz CT molecular complexity index is 609. The summed E-state index contributed by atoms with van der Waals surface area (Å²) in [5.74, 6) is -0.668. The summed E-state index contributed by atoms with van der Waals surface area (Å²) in [6, 6.07) is 6.75. The van der Waals surface area contributed by atoms with Crippen molar-refractivity contribution in [1.82, 2.24) is 5.32 Å². The molecule has 1 N–H and O–H groups in total. The smallest absolute Gasteiger partial charge is 0.374 e. The molecule has 1 atom stereocenters. The van der Waals surface area contributed by atoms with Gasteiger partial charge in [-0.2, -0.15) is 0 Å². The molecular formula is C16H19NO6S. The molecule has 24 heavy (non-hydrogen) atoms. The number of esters is 2. The van der Waals surface area contributed by atoms with Crippen molar-refractivity contribution in [2.24, 2.45) is 0 Å². The Balaban J connectivity index is 2.04. The third kappa shape index (κ3) is 4.72. The van der Waals surface area contributed by atoms with Gasteiger partial charge < -0.3 is 14.2 Å². The molecule has 0 aliphatic carbocycles. The van der Waals surface area contributed by atoms with Crippen molar-refractivity contribution in [3.8, 4) is 11.5 Å². The zero-order valence-corrected chi connectivity index (χ0v) is 14.3. The normalized spacial score (nSPS) is 19.6. The summed E-state index contributed by atoms with van der Waals surface area (Å²) >= 11 is 0.790. The van der Waals surface area contributed by atoms with E-state index in [-0.39, 0.29) is 10.9 Å². The molecule has 1 aromatic rings. The first kappa shape index (κ1) is 18.3. The summed E-state index contributed by atoms with van der Waals surface area (Å²) in [5, 5.41) is 2.74. The number of hydrogen-bond acceptors (Lipinski definition) is 8. The van der Waals surface area contributed by atoms with Gasteiger partial charge >= 0.3 is 11.9 Å². The van der Waals surface area contributed by atoms with Crippen LogP contribution in [0.3, 0.4) is 0 Å². The van der Waals surface area contributed by atoms with Crippen molar-refractivity contribution >= 4 is 28.8 Å². The first-order chi connectivity index (χ1) is 11.4. The average molecular weight is 353 g/mol. The van der Waals surface area contributed by atoms with Crippen LogP contribution < -0.4 is 14.8 Å². The van der Waals surface area contributed by atoms with Crippen LogP contribution in [0, 0.1) is 0 Å². The highest BCUT2D eigenvalue weighted by Gasteiger charge is 2.46. The average Bonchev–Trinajstić information content (AvgIpc) is 3.03. The molecule has 0 bridgehead atoms. The second-order valence-corrected chi connectivity index (χ2v) is 6.33. The summed E-state index contributed by atoms with van der Waals surface area (Å²) in [5.41, 5.74) is -1.40. The van der Waals surface area contributed by atoms with Gasteiger partial charge in [0.2, 0.25) is 0 Å². The van der Waals surface area contributed by atoms with Gasteiger partial charge in [-0.15, -0.1) is 0 Å². The topological polar surface area (TPSA) is 90.9 Å². The van der Waals surface area contributed by atoms with Gasteiger partial charge in [0.1, 0.15) is 11.5 Å². The molecule has 7 nitrogen and oxygen atoms in total. The lowest BCUT2D eigenvalue weighted by Crippen LogP contribution is -2.54. The van der Waals surface area contributed by atoms with E-state index >= 15 is 0 Å². The van der Waals surface area contributed by atoms with Crippen LogP contribution in [0.5, 0.6) is 11.5 Å². The minimum atomic E-state index is -1.40. The first-order valence-electron chi connectivity index (χ1n) is 7.42. The van der Waals surface area contributed by atoms with E-state index in [0.29, 0.717) is 30.9 Å². The molecule has 1 fully saturated rings. The van der Waals surface area contributed by atoms with Gasteiger partial charge in [0.25, 0.3) is 5.72 Å². The number of ether oxygens (including phenoxy) is 3. The molecule has 0 saturated carbocycles. The molecule has 130 valence electrons. The predicted molar refractivity (Wildman–Crippen MR) is 87.8 cm³/mol. The molecule has 1 saturated heterocycles. The van der Waals surface area contributed by atoms with E-state index in [2.05, 4.69) is 5.32 Å². The SMILES string of the molecule is COc1ccc(O[C@@]2(C(=O)OC(=O)CSC(C)=O)CCCN2)cc1. The monoisotopic (exact) mass is 353 g/mol. The fourth-order valence-electron chi connectivity index (χ4n) is 2.24. The Labute approximate surface area is 144 Å². The molecule has 1 aliphatic rings. The minimum absolute atomic E-state index is 0.209. The lowest BCUT2D eigenvalue weighted by atomic mass is 10.1. The lowest BCUT2D eigenvalue weighted by molar-refractivity contribution is -0.171.